The predicted octanol–water partition coefficient (Wildman–Crippen LogP) is 1.35. The summed E-state index contributed by atoms with van der Waals surface area (Å²) in [6.07, 6.45) is 0. The molecule has 1 aliphatic rings. The molecule has 3 aromatic rings. The molecule has 1 heterocycles. The normalized spacial score (nSPS) is 16.0. The molecule has 0 saturated heterocycles. The van der Waals surface area contributed by atoms with Gasteiger partial charge in [-0.3, -0.25) is 4.31 Å². The first-order chi connectivity index (χ1) is 14.3. The van der Waals surface area contributed by atoms with E-state index in [1.165, 1.54) is 0 Å². The number of rotatable bonds is 6. The Bertz CT molecular complexity index is 1070. The van der Waals surface area contributed by atoms with Crippen molar-refractivity contribution >= 4 is 27.2 Å². The van der Waals surface area contributed by atoms with E-state index in [-0.39, 0.29) is 0 Å². The van der Waals surface area contributed by atoms with Gasteiger partial charge in [0.2, 0.25) is 11.0 Å². The van der Waals surface area contributed by atoms with Crippen LogP contribution in [0.25, 0.3) is 0 Å². The average Bonchev–Trinajstić information content (AvgIpc) is 3.00. The van der Waals surface area contributed by atoms with Crippen LogP contribution >= 0.6 is 11.0 Å². The van der Waals surface area contributed by atoms with Crippen LogP contribution in [-0.4, -0.2) is 19.0 Å². The number of fused-ring (bicyclic) bond motifs is 1. The lowest BCUT2D eigenvalue weighted by Crippen LogP contribution is -2.60. The molecule has 30 heavy (non-hydrogen) atoms. The molecule has 0 N–H and O–H groups in total. The van der Waals surface area contributed by atoms with E-state index in [0.717, 1.165) is 28.1 Å². The van der Waals surface area contributed by atoms with Gasteiger partial charge in [-0.25, -0.2) is 0 Å². The minimum Gasteiger partial charge on any atom is -0.378 e. The molecule has 0 fully saturated rings. The third-order valence-electron chi connectivity index (χ3n) is 4.74. The van der Waals surface area contributed by atoms with Crippen molar-refractivity contribution < 1.29 is 28.0 Å². The fraction of sp³-hybridized carbons (Fsp3) is 0.136. The molecule has 4 rings (SSSR count). The molecule has 1 atom stereocenters. The molecule has 8 heteroatoms. The Labute approximate surface area is 180 Å². The van der Waals surface area contributed by atoms with E-state index < -0.39 is 21.2 Å². The van der Waals surface area contributed by atoms with Crippen molar-refractivity contribution in [3.63, 3.8) is 0 Å². The molecule has 0 spiro atoms. The minimum absolute atomic E-state index is 0.408. The Morgan fingerprint density at radius 3 is 2.13 bits per heavy atom. The fourth-order valence-electron chi connectivity index (χ4n) is 3.38. The quantitative estimate of drug-likeness (QED) is 0.534. The van der Waals surface area contributed by atoms with Crippen molar-refractivity contribution in [2.75, 3.05) is 23.3 Å². The third-order valence-corrected chi connectivity index (χ3v) is 7.37. The number of hydrogen-bond acceptors (Lipinski definition) is 6. The van der Waals surface area contributed by atoms with Crippen LogP contribution in [0.3, 0.4) is 0 Å². The molecule has 0 aromatic heterocycles. The summed E-state index contributed by atoms with van der Waals surface area (Å²) in [6.45, 7) is 0.408. The van der Waals surface area contributed by atoms with Crippen molar-refractivity contribution in [3.8, 4) is 0 Å². The molecule has 3 aromatic carbocycles. The zero-order chi connectivity index (χ0) is 21.3. The highest BCUT2D eigenvalue weighted by Gasteiger charge is 2.38. The van der Waals surface area contributed by atoms with Gasteiger partial charge in [-0.1, -0.05) is 60.7 Å². The van der Waals surface area contributed by atoms with E-state index in [2.05, 4.69) is 0 Å². The maximum atomic E-state index is 11.6. The number of halogens is 1. The largest absolute Gasteiger partial charge is 0.378 e. The summed E-state index contributed by atoms with van der Waals surface area (Å²) in [6, 6.07) is 25.0. The van der Waals surface area contributed by atoms with Gasteiger partial charge in [0.05, 0.1) is 27.3 Å². The number of benzene rings is 3. The smallest absolute Gasteiger partial charge is 0.216 e. The van der Waals surface area contributed by atoms with Crippen LogP contribution in [0.5, 0.6) is 0 Å². The first kappa shape index (κ1) is 20.9. The zero-order valence-electron chi connectivity index (χ0n) is 16.5. The number of anilines is 2. The first-order valence-electron chi connectivity index (χ1n) is 9.24. The van der Waals surface area contributed by atoms with Gasteiger partial charge < -0.3 is 4.90 Å². The zero-order valence-corrected chi connectivity index (χ0v) is 18.1. The summed E-state index contributed by atoms with van der Waals surface area (Å²) >= 11 is 0. The lowest BCUT2D eigenvalue weighted by atomic mass is 10.0. The molecule has 0 bridgehead atoms. The fourth-order valence-corrected chi connectivity index (χ4v) is 6.01. The van der Waals surface area contributed by atoms with Crippen molar-refractivity contribution in [1.29, 1.82) is 0 Å². The second-order valence-electron chi connectivity index (χ2n) is 7.00. The highest BCUT2D eigenvalue weighted by atomic mass is 35.7. The topological polar surface area (TPSA) is 84.9 Å². The summed E-state index contributed by atoms with van der Waals surface area (Å²) in [5.41, 5.74) is 4.49. The first-order valence-corrected chi connectivity index (χ1v) is 11.6. The Kier molecular flexibility index (Phi) is 5.84. The van der Waals surface area contributed by atoms with Gasteiger partial charge in [-0.05, 0) is 29.3 Å². The molecule has 6 nitrogen and oxygen atoms in total. The van der Waals surface area contributed by atoms with Crippen LogP contribution in [0.1, 0.15) is 16.7 Å². The SMILES string of the molecule is CN(C)c1ccc(C2=S(O[Cl+3]([O-])([O-])[O-])N(Cc3ccccc3)c3ccccc32)cc1. The second kappa shape index (κ2) is 8.39. The summed E-state index contributed by atoms with van der Waals surface area (Å²) in [5.74, 6) is 0. The van der Waals surface area contributed by atoms with E-state index >= 15 is 0 Å². The van der Waals surface area contributed by atoms with Crippen molar-refractivity contribution in [3.05, 3.63) is 95.6 Å². The lowest BCUT2D eigenvalue weighted by Gasteiger charge is -2.22. The highest BCUT2D eigenvalue weighted by molar-refractivity contribution is 8.14. The van der Waals surface area contributed by atoms with Crippen molar-refractivity contribution in [2.24, 2.45) is 0 Å². The van der Waals surface area contributed by atoms with E-state index in [4.69, 9.17) is 3.74 Å². The van der Waals surface area contributed by atoms with Crippen molar-refractivity contribution in [2.45, 2.75) is 6.54 Å². The predicted molar refractivity (Wildman–Crippen MR) is 112 cm³/mol. The Balaban J connectivity index is 1.86. The summed E-state index contributed by atoms with van der Waals surface area (Å²) in [7, 11) is -2.13. The van der Waals surface area contributed by atoms with Crippen LogP contribution in [-0.2, 0) is 10.3 Å². The molecule has 1 unspecified atom stereocenters. The van der Waals surface area contributed by atoms with Crippen LogP contribution < -0.4 is 23.2 Å². The van der Waals surface area contributed by atoms with Crippen molar-refractivity contribution in [1.82, 2.24) is 0 Å². The van der Waals surface area contributed by atoms with Crippen LogP contribution in [0.2, 0.25) is 0 Å². The maximum Gasteiger partial charge on any atom is 0.216 e. The highest BCUT2D eigenvalue weighted by Crippen LogP contribution is 2.45. The number of para-hydroxylation sites is 1. The lowest BCUT2D eigenvalue weighted by molar-refractivity contribution is -1.91. The maximum absolute atomic E-state index is 11.6. The van der Waals surface area contributed by atoms with Gasteiger partial charge >= 0.3 is 0 Å². The Hall–Kier alpha value is -2.39. The van der Waals surface area contributed by atoms with Gasteiger partial charge in [0.15, 0.2) is 3.74 Å². The molecule has 1 aliphatic heterocycles. The molecular formula is C22H21ClN2O4S. The second-order valence-corrected chi connectivity index (χ2v) is 9.61. The number of nitrogens with zero attached hydrogens (tertiary/aromatic N) is 2. The molecule has 0 amide bonds. The summed E-state index contributed by atoms with van der Waals surface area (Å²) in [4.78, 5) is 2.66. The summed E-state index contributed by atoms with van der Waals surface area (Å²) < 4.78 is 41.8. The van der Waals surface area contributed by atoms with Gasteiger partial charge in [-0.15, -0.1) is 0 Å². The Morgan fingerprint density at radius 2 is 1.50 bits per heavy atom. The number of hydrogen-bond donors (Lipinski definition) is 0. The van der Waals surface area contributed by atoms with E-state index in [9.17, 15) is 14.0 Å². The monoisotopic (exact) mass is 444 g/mol. The van der Waals surface area contributed by atoms with E-state index in [1.807, 2.05) is 102 Å². The average molecular weight is 445 g/mol. The standard InChI is InChI=1S/C22H21ClN2O4S/c1-24(2)19-14-12-18(13-15-19)22-20-10-6-7-11-21(20)25(30(22)29-23(26,27)28)16-17-8-4-3-5-9-17/h3-15H,16H2,1-2H3. The third kappa shape index (κ3) is 4.37. The van der Waals surface area contributed by atoms with Gasteiger partial charge in [0.1, 0.15) is 0 Å². The van der Waals surface area contributed by atoms with Gasteiger partial charge in [-0.2, -0.15) is 14.0 Å². The van der Waals surface area contributed by atoms with E-state index in [0.29, 0.717) is 11.4 Å². The summed E-state index contributed by atoms with van der Waals surface area (Å²) in [5, 5.41) is 0. The minimum atomic E-state index is -4.62. The van der Waals surface area contributed by atoms with Crippen LogP contribution in [0.15, 0.2) is 78.9 Å². The molecule has 156 valence electrons. The molecule has 0 aliphatic carbocycles. The molecular weight excluding hydrogens is 424 g/mol. The van der Waals surface area contributed by atoms with E-state index in [1.54, 1.807) is 0 Å². The molecule has 0 radical (unpaired) electrons. The Morgan fingerprint density at radius 1 is 0.867 bits per heavy atom. The van der Waals surface area contributed by atoms with Crippen LogP contribution in [0, 0.1) is 10.2 Å². The van der Waals surface area contributed by atoms with Gasteiger partial charge in [0, 0.05) is 25.3 Å². The van der Waals surface area contributed by atoms with Gasteiger partial charge in [0.25, 0.3) is 0 Å². The molecule has 0 saturated carbocycles. The van der Waals surface area contributed by atoms with Crippen LogP contribution in [0.4, 0.5) is 11.4 Å².